The Morgan fingerprint density at radius 2 is 2.18 bits per heavy atom. The largest absolute Gasteiger partial charge is 0.480 e. The van der Waals surface area contributed by atoms with Gasteiger partial charge in [0, 0.05) is 12.1 Å². The van der Waals surface area contributed by atoms with Crippen molar-refractivity contribution in [2.24, 2.45) is 0 Å². The van der Waals surface area contributed by atoms with Gasteiger partial charge in [0.1, 0.15) is 11.9 Å². The lowest BCUT2D eigenvalue weighted by Gasteiger charge is -2.31. The van der Waals surface area contributed by atoms with Crippen LogP contribution in [0.4, 0.5) is 0 Å². The van der Waals surface area contributed by atoms with Crippen molar-refractivity contribution in [3.05, 3.63) is 36.2 Å². The average molecular weight is 301 g/mol. The summed E-state index contributed by atoms with van der Waals surface area (Å²) in [7, 11) is 0. The van der Waals surface area contributed by atoms with Crippen LogP contribution in [0.5, 0.6) is 0 Å². The Hall–Kier alpha value is -2.77. The zero-order chi connectivity index (χ0) is 15.7. The lowest BCUT2D eigenvalue weighted by Crippen LogP contribution is -2.50. The van der Waals surface area contributed by atoms with Gasteiger partial charge in [-0.2, -0.15) is 0 Å². The second-order valence-electron chi connectivity index (χ2n) is 5.44. The molecule has 1 fully saturated rings. The molecule has 0 saturated carbocycles. The quantitative estimate of drug-likeness (QED) is 0.897. The Morgan fingerprint density at radius 3 is 2.86 bits per heavy atom. The predicted octanol–water partition coefficient (Wildman–Crippen LogP) is 0.742. The molecule has 1 saturated heterocycles. The highest BCUT2D eigenvalue weighted by molar-refractivity contribution is 5.98. The van der Waals surface area contributed by atoms with E-state index in [0.717, 1.165) is 0 Å². The van der Waals surface area contributed by atoms with Crippen LogP contribution in [0.2, 0.25) is 0 Å². The number of hydrogen-bond donors (Lipinski definition) is 1. The van der Waals surface area contributed by atoms with Gasteiger partial charge in [-0.15, -0.1) is 5.10 Å². The standard InChI is InChI=1S/C14H15N5O3/c1-14(13(21)22)6-3-7-18(14)12(20)10-4-2-5-11(8-10)19-9-15-16-17-19/h2,4-5,8-9H,3,6-7H2,1H3,(H,21,22). The fourth-order valence-corrected chi connectivity index (χ4v) is 2.73. The molecule has 1 aromatic carbocycles. The van der Waals surface area contributed by atoms with Crippen molar-refractivity contribution in [1.29, 1.82) is 0 Å². The molecular formula is C14H15N5O3. The summed E-state index contributed by atoms with van der Waals surface area (Å²) >= 11 is 0. The summed E-state index contributed by atoms with van der Waals surface area (Å²) in [6.07, 6.45) is 2.57. The Balaban J connectivity index is 1.93. The van der Waals surface area contributed by atoms with E-state index in [1.165, 1.54) is 15.9 Å². The van der Waals surface area contributed by atoms with E-state index in [0.29, 0.717) is 30.6 Å². The zero-order valence-electron chi connectivity index (χ0n) is 12.0. The molecule has 8 heteroatoms. The minimum atomic E-state index is -1.15. The van der Waals surface area contributed by atoms with Gasteiger partial charge >= 0.3 is 5.97 Å². The van der Waals surface area contributed by atoms with Crippen molar-refractivity contribution < 1.29 is 14.7 Å². The lowest BCUT2D eigenvalue weighted by atomic mass is 9.98. The summed E-state index contributed by atoms with van der Waals surface area (Å²) < 4.78 is 1.44. The molecule has 8 nitrogen and oxygen atoms in total. The van der Waals surface area contributed by atoms with Crippen molar-refractivity contribution in [1.82, 2.24) is 25.1 Å². The van der Waals surface area contributed by atoms with E-state index < -0.39 is 11.5 Å². The number of benzene rings is 1. The summed E-state index contributed by atoms with van der Waals surface area (Å²) in [5, 5.41) is 20.3. The highest BCUT2D eigenvalue weighted by atomic mass is 16.4. The minimum Gasteiger partial charge on any atom is -0.480 e. The maximum absolute atomic E-state index is 12.7. The molecule has 1 unspecified atom stereocenters. The monoisotopic (exact) mass is 301 g/mol. The summed E-state index contributed by atoms with van der Waals surface area (Å²) in [6.45, 7) is 2.03. The normalized spacial score (nSPS) is 21.0. The highest BCUT2D eigenvalue weighted by Crippen LogP contribution is 2.31. The van der Waals surface area contributed by atoms with E-state index in [9.17, 15) is 14.7 Å². The number of hydrogen-bond acceptors (Lipinski definition) is 5. The van der Waals surface area contributed by atoms with Gasteiger partial charge in [-0.1, -0.05) is 6.07 Å². The number of nitrogens with zero attached hydrogens (tertiary/aromatic N) is 5. The number of aliphatic carboxylic acids is 1. The van der Waals surface area contributed by atoms with Crippen LogP contribution in [0.3, 0.4) is 0 Å². The Morgan fingerprint density at radius 1 is 1.36 bits per heavy atom. The number of tetrazole rings is 1. The van der Waals surface area contributed by atoms with Gasteiger partial charge in [0.15, 0.2) is 0 Å². The molecule has 1 amide bonds. The van der Waals surface area contributed by atoms with Crippen LogP contribution in [0.25, 0.3) is 5.69 Å². The van der Waals surface area contributed by atoms with E-state index in [1.807, 2.05) is 0 Å². The van der Waals surface area contributed by atoms with Gasteiger partial charge < -0.3 is 10.0 Å². The molecule has 114 valence electrons. The fourth-order valence-electron chi connectivity index (χ4n) is 2.73. The summed E-state index contributed by atoms with van der Waals surface area (Å²) in [4.78, 5) is 25.6. The first-order valence-corrected chi connectivity index (χ1v) is 6.91. The van der Waals surface area contributed by atoms with E-state index in [-0.39, 0.29) is 5.91 Å². The molecular weight excluding hydrogens is 286 g/mol. The first-order valence-electron chi connectivity index (χ1n) is 6.91. The van der Waals surface area contributed by atoms with Crippen LogP contribution >= 0.6 is 0 Å². The molecule has 1 atom stereocenters. The molecule has 0 aliphatic carbocycles. The number of likely N-dealkylation sites (tertiary alicyclic amines) is 1. The summed E-state index contributed by atoms with van der Waals surface area (Å²) in [5.74, 6) is -1.27. The van der Waals surface area contributed by atoms with Crippen molar-refractivity contribution in [3.63, 3.8) is 0 Å². The maximum atomic E-state index is 12.7. The molecule has 1 aliphatic rings. The van der Waals surface area contributed by atoms with E-state index in [2.05, 4.69) is 15.5 Å². The number of carbonyl (C=O) groups excluding carboxylic acids is 1. The molecule has 22 heavy (non-hydrogen) atoms. The molecule has 3 rings (SSSR count). The number of rotatable bonds is 3. The number of aromatic nitrogens is 4. The number of carbonyl (C=O) groups is 2. The second kappa shape index (κ2) is 5.21. The average Bonchev–Trinajstić information content (AvgIpc) is 3.17. The van der Waals surface area contributed by atoms with E-state index >= 15 is 0 Å². The molecule has 1 aliphatic heterocycles. The second-order valence-corrected chi connectivity index (χ2v) is 5.44. The molecule has 0 radical (unpaired) electrons. The first kappa shape index (κ1) is 14.2. The van der Waals surface area contributed by atoms with Gasteiger partial charge in [-0.25, -0.2) is 9.48 Å². The van der Waals surface area contributed by atoms with Crippen LogP contribution in [0, 0.1) is 0 Å². The molecule has 1 aromatic heterocycles. The summed E-state index contributed by atoms with van der Waals surface area (Å²) in [5.41, 5.74) is -0.0866. The third kappa shape index (κ3) is 2.22. The van der Waals surface area contributed by atoms with Crippen molar-refractivity contribution in [3.8, 4) is 5.69 Å². The number of carboxylic acids is 1. The third-order valence-corrected chi connectivity index (χ3v) is 4.05. The molecule has 0 bridgehead atoms. The fraction of sp³-hybridized carbons (Fsp3) is 0.357. The molecule has 2 aromatic rings. The van der Waals surface area contributed by atoms with Crippen molar-refractivity contribution in [2.75, 3.05) is 6.54 Å². The Labute approximate surface area is 126 Å². The lowest BCUT2D eigenvalue weighted by molar-refractivity contribution is -0.147. The Kier molecular flexibility index (Phi) is 3.36. The van der Waals surface area contributed by atoms with Gasteiger partial charge in [-0.3, -0.25) is 4.79 Å². The van der Waals surface area contributed by atoms with Gasteiger partial charge in [0.25, 0.3) is 5.91 Å². The smallest absolute Gasteiger partial charge is 0.329 e. The SMILES string of the molecule is CC1(C(=O)O)CCCN1C(=O)c1cccc(-n2cnnn2)c1. The van der Waals surface area contributed by atoms with Crippen LogP contribution in [-0.4, -0.2) is 54.2 Å². The predicted molar refractivity (Wildman–Crippen MR) is 75.5 cm³/mol. The number of carboxylic acid groups (broad SMARTS) is 1. The van der Waals surface area contributed by atoms with Gasteiger partial charge in [0.05, 0.1) is 5.69 Å². The molecule has 1 N–H and O–H groups in total. The topological polar surface area (TPSA) is 101 Å². The summed E-state index contributed by atoms with van der Waals surface area (Å²) in [6, 6.07) is 6.81. The highest BCUT2D eigenvalue weighted by Gasteiger charge is 2.46. The molecule has 2 heterocycles. The van der Waals surface area contributed by atoms with Crippen LogP contribution in [0.1, 0.15) is 30.1 Å². The van der Waals surface area contributed by atoms with E-state index in [1.54, 1.807) is 31.2 Å². The van der Waals surface area contributed by atoms with Gasteiger partial charge in [0.2, 0.25) is 0 Å². The molecule has 0 spiro atoms. The van der Waals surface area contributed by atoms with Crippen LogP contribution in [-0.2, 0) is 4.79 Å². The minimum absolute atomic E-state index is 0.294. The number of amides is 1. The van der Waals surface area contributed by atoms with Gasteiger partial charge in [-0.05, 0) is 48.4 Å². The zero-order valence-corrected chi connectivity index (χ0v) is 12.0. The van der Waals surface area contributed by atoms with Crippen LogP contribution in [0.15, 0.2) is 30.6 Å². The Bertz CT molecular complexity index is 715. The maximum Gasteiger partial charge on any atom is 0.329 e. The van der Waals surface area contributed by atoms with Crippen molar-refractivity contribution >= 4 is 11.9 Å². The van der Waals surface area contributed by atoms with Crippen LogP contribution < -0.4 is 0 Å². The first-order chi connectivity index (χ1) is 10.5. The van der Waals surface area contributed by atoms with E-state index in [4.69, 9.17) is 0 Å². The third-order valence-electron chi connectivity index (χ3n) is 4.05. The van der Waals surface area contributed by atoms with Crippen molar-refractivity contribution in [2.45, 2.75) is 25.3 Å².